The van der Waals surface area contributed by atoms with Gasteiger partial charge in [0.2, 0.25) is 6.79 Å². The second kappa shape index (κ2) is 8.17. The van der Waals surface area contributed by atoms with Gasteiger partial charge in [-0.2, -0.15) is 0 Å². The molecule has 1 atom stereocenters. The summed E-state index contributed by atoms with van der Waals surface area (Å²) in [5, 5.41) is 2.33. The third kappa shape index (κ3) is 7.30. The Morgan fingerprint density at radius 3 is 2.26 bits per heavy atom. The van der Waals surface area contributed by atoms with E-state index in [2.05, 4.69) is 5.32 Å². The summed E-state index contributed by atoms with van der Waals surface area (Å²) in [6.07, 6.45) is -0.733. The van der Waals surface area contributed by atoms with Crippen molar-refractivity contribution in [3.05, 3.63) is 35.9 Å². The van der Waals surface area contributed by atoms with Crippen molar-refractivity contribution in [2.24, 2.45) is 0 Å². The lowest BCUT2D eigenvalue weighted by atomic mass is 10.2. The molecule has 1 rings (SSSR count). The van der Waals surface area contributed by atoms with Crippen molar-refractivity contribution < 1.29 is 28.6 Å². The normalized spacial score (nSPS) is 12.0. The number of hydrogen-bond acceptors (Lipinski definition) is 6. The van der Waals surface area contributed by atoms with Crippen LogP contribution in [0, 0.1) is 0 Å². The van der Waals surface area contributed by atoms with Crippen molar-refractivity contribution in [3.8, 4) is 0 Å². The highest BCUT2D eigenvalue weighted by molar-refractivity contribution is 5.89. The molecule has 1 N–H and O–H groups in total. The number of benzene rings is 1. The van der Waals surface area contributed by atoms with Crippen LogP contribution >= 0.6 is 0 Å². The van der Waals surface area contributed by atoms with E-state index in [1.165, 1.54) is 6.92 Å². The largest absolute Gasteiger partial charge is 0.444 e. The molecule has 0 bridgehead atoms. The predicted octanol–water partition coefficient (Wildman–Crippen LogP) is 2.26. The Hall–Kier alpha value is -2.57. The molecule has 0 aliphatic heterocycles. The van der Waals surface area contributed by atoms with Crippen LogP contribution in [0.4, 0.5) is 4.79 Å². The van der Waals surface area contributed by atoms with Crippen LogP contribution in [0.3, 0.4) is 0 Å². The average molecular weight is 323 g/mol. The molecule has 0 unspecified atom stereocenters. The first-order valence-electron chi connectivity index (χ1n) is 7.07. The van der Waals surface area contributed by atoms with Crippen LogP contribution in [0.1, 0.15) is 38.1 Å². The van der Waals surface area contributed by atoms with E-state index in [4.69, 9.17) is 14.2 Å². The van der Waals surface area contributed by atoms with Crippen molar-refractivity contribution in [3.63, 3.8) is 0 Å². The van der Waals surface area contributed by atoms with Gasteiger partial charge in [-0.25, -0.2) is 14.4 Å². The number of hydrogen-bond donors (Lipinski definition) is 1. The van der Waals surface area contributed by atoms with Gasteiger partial charge >= 0.3 is 18.0 Å². The SMILES string of the molecule is C[C@H](NC(=O)OC(C)(C)C)C(=O)OCOC(=O)c1ccccc1. The van der Waals surface area contributed by atoms with E-state index in [1.807, 2.05) is 0 Å². The highest BCUT2D eigenvalue weighted by atomic mass is 16.7. The lowest BCUT2D eigenvalue weighted by Gasteiger charge is -2.21. The number of rotatable bonds is 5. The molecule has 0 fully saturated rings. The molecular formula is C16H21NO6. The number of carbonyl (C=O) groups excluding carboxylic acids is 3. The highest BCUT2D eigenvalue weighted by Crippen LogP contribution is 2.07. The van der Waals surface area contributed by atoms with Gasteiger partial charge in [0.15, 0.2) is 0 Å². The molecule has 0 heterocycles. The van der Waals surface area contributed by atoms with E-state index in [-0.39, 0.29) is 0 Å². The third-order valence-electron chi connectivity index (χ3n) is 2.49. The minimum atomic E-state index is -0.930. The van der Waals surface area contributed by atoms with Crippen molar-refractivity contribution >= 4 is 18.0 Å². The molecule has 0 spiro atoms. The highest BCUT2D eigenvalue weighted by Gasteiger charge is 2.22. The number of amides is 1. The molecule has 0 saturated carbocycles. The van der Waals surface area contributed by atoms with Gasteiger partial charge < -0.3 is 19.5 Å². The minimum absolute atomic E-state index is 0.350. The molecule has 1 aromatic rings. The molecule has 0 saturated heterocycles. The Kier molecular flexibility index (Phi) is 6.56. The molecule has 0 aliphatic rings. The summed E-state index contributed by atoms with van der Waals surface area (Å²) in [6.45, 7) is 6.02. The molecule has 0 aromatic heterocycles. The maximum atomic E-state index is 11.7. The molecule has 126 valence electrons. The molecular weight excluding hydrogens is 302 g/mol. The topological polar surface area (TPSA) is 90.9 Å². The van der Waals surface area contributed by atoms with Crippen molar-refractivity contribution in [1.82, 2.24) is 5.32 Å². The summed E-state index contributed by atoms with van der Waals surface area (Å²) >= 11 is 0. The molecule has 0 aliphatic carbocycles. The first-order chi connectivity index (χ1) is 10.7. The zero-order valence-electron chi connectivity index (χ0n) is 13.6. The van der Waals surface area contributed by atoms with Gasteiger partial charge in [-0.3, -0.25) is 0 Å². The first-order valence-corrected chi connectivity index (χ1v) is 7.07. The van der Waals surface area contributed by atoms with E-state index in [1.54, 1.807) is 51.1 Å². The van der Waals surface area contributed by atoms with Crippen LogP contribution < -0.4 is 5.32 Å². The zero-order valence-corrected chi connectivity index (χ0v) is 13.6. The van der Waals surface area contributed by atoms with Crippen LogP contribution in [0.5, 0.6) is 0 Å². The monoisotopic (exact) mass is 323 g/mol. The Bertz CT molecular complexity index is 549. The molecule has 7 heteroatoms. The Labute approximate surface area is 134 Å². The average Bonchev–Trinajstić information content (AvgIpc) is 2.45. The third-order valence-corrected chi connectivity index (χ3v) is 2.49. The number of ether oxygens (including phenoxy) is 3. The lowest BCUT2D eigenvalue weighted by molar-refractivity contribution is -0.154. The summed E-state index contributed by atoms with van der Waals surface area (Å²) < 4.78 is 14.6. The number of nitrogens with one attached hydrogen (secondary N) is 1. The van der Waals surface area contributed by atoms with Gasteiger partial charge in [-0.15, -0.1) is 0 Å². The second-order valence-corrected chi connectivity index (χ2v) is 5.75. The summed E-state index contributed by atoms with van der Waals surface area (Å²) in [5.74, 6) is -1.34. The molecule has 23 heavy (non-hydrogen) atoms. The molecule has 0 radical (unpaired) electrons. The minimum Gasteiger partial charge on any atom is -0.444 e. The van der Waals surface area contributed by atoms with Crippen LogP contribution in [-0.4, -0.2) is 36.5 Å². The molecule has 1 aromatic carbocycles. The smallest absolute Gasteiger partial charge is 0.408 e. The van der Waals surface area contributed by atoms with E-state index >= 15 is 0 Å². The Morgan fingerprint density at radius 1 is 1.09 bits per heavy atom. The van der Waals surface area contributed by atoms with Crippen molar-refractivity contribution in [2.45, 2.75) is 39.3 Å². The predicted molar refractivity (Wildman–Crippen MR) is 81.6 cm³/mol. The number of carbonyl (C=O) groups is 3. The molecule has 7 nitrogen and oxygen atoms in total. The first kappa shape index (κ1) is 18.5. The standard InChI is InChI=1S/C16H21NO6/c1-11(17-15(20)23-16(2,3)4)13(18)21-10-22-14(19)12-8-6-5-7-9-12/h5-9,11H,10H2,1-4H3,(H,17,20)/t11-/m0/s1. The van der Waals surface area contributed by atoms with Gasteiger partial charge in [0, 0.05) is 0 Å². The van der Waals surface area contributed by atoms with Crippen molar-refractivity contribution in [1.29, 1.82) is 0 Å². The summed E-state index contributed by atoms with van der Waals surface area (Å²) in [6, 6.07) is 7.37. The van der Waals surface area contributed by atoms with Gasteiger partial charge in [-0.05, 0) is 39.8 Å². The zero-order chi connectivity index (χ0) is 17.5. The fourth-order valence-electron chi connectivity index (χ4n) is 1.47. The van der Waals surface area contributed by atoms with E-state index < -0.39 is 36.5 Å². The van der Waals surface area contributed by atoms with Crippen LogP contribution in [-0.2, 0) is 19.0 Å². The quantitative estimate of drug-likeness (QED) is 0.660. The fraction of sp³-hybridized carbons (Fsp3) is 0.438. The van der Waals surface area contributed by atoms with E-state index in [0.717, 1.165) is 0 Å². The number of alkyl carbamates (subject to hydrolysis) is 1. The summed E-state index contributed by atoms with van der Waals surface area (Å²) in [7, 11) is 0. The van der Waals surface area contributed by atoms with Gasteiger partial charge in [0.1, 0.15) is 11.6 Å². The molecule has 1 amide bonds. The van der Waals surface area contributed by atoms with Gasteiger partial charge in [0.25, 0.3) is 0 Å². The Balaban J connectivity index is 2.33. The Morgan fingerprint density at radius 2 is 1.70 bits per heavy atom. The second-order valence-electron chi connectivity index (χ2n) is 5.75. The maximum Gasteiger partial charge on any atom is 0.408 e. The van der Waals surface area contributed by atoms with Gasteiger partial charge in [-0.1, -0.05) is 18.2 Å². The van der Waals surface area contributed by atoms with Crippen LogP contribution in [0.2, 0.25) is 0 Å². The van der Waals surface area contributed by atoms with Crippen LogP contribution in [0.25, 0.3) is 0 Å². The lowest BCUT2D eigenvalue weighted by Crippen LogP contribution is -2.42. The van der Waals surface area contributed by atoms with Gasteiger partial charge in [0.05, 0.1) is 5.56 Å². The maximum absolute atomic E-state index is 11.7. The van der Waals surface area contributed by atoms with E-state index in [9.17, 15) is 14.4 Å². The fourth-order valence-corrected chi connectivity index (χ4v) is 1.47. The van der Waals surface area contributed by atoms with Crippen LogP contribution in [0.15, 0.2) is 30.3 Å². The summed E-state index contributed by atoms with van der Waals surface area (Å²) in [5.41, 5.74) is -0.317. The summed E-state index contributed by atoms with van der Waals surface area (Å²) in [4.78, 5) is 34.8. The van der Waals surface area contributed by atoms with Crippen molar-refractivity contribution in [2.75, 3.05) is 6.79 Å². The van der Waals surface area contributed by atoms with E-state index in [0.29, 0.717) is 5.56 Å². The number of esters is 2.